The molecule has 24 heavy (non-hydrogen) atoms. The fourth-order valence-electron chi connectivity index (χ4n) is 1.90. The molecule has 0 fully saturated rings. The summed E-state index contributed by atoms with van der Waals surface area (Å²) < 4.78 is 32.2. The van der Waals surface area contributed by atoms with Crippen molar-refractivity contribution in [1.29, 1.82) is 0 Å². The maximum absolute atomic E-state index is 11.5. The van der Waals surface area contributed by atoms with E-state index in [0.29, 0.717) is 11.6 Å². The SMILES string of the molecule is CC.Cc1ccc(S(=O)(=O)O)c(Nc2nc(C)nc(C(C)C)n2)c1. The van der Waals surface area contributed by atoms with Gasteiger partial charge >= 0.3 is 0 Å². The summed E-state index contributed by atoms with van der Waals surface area (Å²) in [4.78, 5) is 12.4. The number of aryl methyl sites for hydroxylation is 2. The number of hydrogen-bond donors (Lipinski definition) is 2. The minimum Gasteiger partial charge on any atom is -0.323 e. The fraction of sp³-hybridized carbons (Fsp3) is 0.438. The van der Waals surface area contributed by atoms with Crippen LogP contribution in [0, 0.1) is 13.8 Å². The van der Waals surface area contributed by atoms with Gasteiger partial charge in [-0.25, -0.2) is 4.98 Å². The lowest BCUT2D eigenvalue weighted by atomic mass is 10.2. The highest BCUT2D eigenvalue weighted by Crippen LogP contribution is 2.25. The molecular weight excluding hydrogens is 328 g/mol. The minimum atomic E-state index is -4.34. The zero-order chi connectivity index (χ0) is 18.5. The molecule has 2 aromatic rings. The molecule has 2 rings (SSSR count). The summed E-state index contributed by atoms with van der Waals surface area (Å²) in [5.74, 6) is 1.49. The van der Waals surface area contributed by atoms with E-state index in [1.165, 1.54) is 6.07 Å². The van der Waals surface area contributed by atoms with Crippen LogP contribution in [0.3, 0.4) is 0 Å². The average molecular weight is 352 g/mol. The lowest BCUT2D eigenvalue weighted by Crippen LogP contribution is -2.09. The summed E-state index contributed by atoms with van der Waals surface area (Å²) in [6.07, 6.45) is 0. The summed E-state index contributed by atoms with van der Waals surface area (Å²) in [5, 5.41) is 2.85. The van der Waals surface area contributed by atoms with E-state index in [1.807, 2.05) is 34.6 Å². The van der Waals surface area contributed by atoms with Gasteiger partial charge in [0.15, 0.2) is 0 Å². The predicted molar refractivity (Wildman–Crippen MR) is 94.3 cm³/mol. The van der Waals surface area contributed by atoms with E-state index >= 15 is 0 Å². The van der Waals surface area contributed by atoms with Gasteiger partial charge in [0.1, 0.15) is 16.5 Å². The molecule has 0 aliphatic heterocycles. The molecule has 0 radical (unpaired) electrons. The van der Waals surface area contributed by atoms with E-state index in [4.69, 9.17) is 0 Å². The van der Waals surface area contributed by atoms with Crippen molar-refractivity contribution in [2.45, 2.75) is 52.4 Å². The van der Waals surface area contributed by atoms with E-state index < -0.39 is 10.1 Å². The monoisotopic (exact) mass is 352 g/mol. The molecule has 0 saturated carbocycles. The van der Waals surface area contributed by atoms with Crippen molar-refractivity contribution >= 4 is 21.8 Å². The van der Waals surface area contributed by atoms with Crippen LogP contribution in [-0.2, 0) is 10.1 Å². The number of nitrogens with zero attached hydrogens (tertiary/aromatic N) is 3. The standard InChI is InChI=1S/C14H18N4O3S.C2H6/c1-8(2)13-15-10(4)16-14(18-13)17-11-7-9(3)5-6-12(11)22(19,20)21;1-2/h5-8H,1-4H3,(H,19,20,21)(H,15,16,17,18);1-2H3. The van der Waals surface area contributed by atoms with Crippen molar-refractivity contribution in [1.82, 2.24) is 15.0 Å². The number of aromatic nitrogens is 3. The largest absolute Gasteiger partial charge is 0.323 e. The quantitative estimate of drug-likeness (QED) is 0.809. The molecule has 0 amide bonds. The summed E-state index contributed by atoms with van der Waals surface area (Å²) in [5.41, 5.74) is 1.06. The highest BCUT2D eigenvalue weighted by atomic mass is 32.2. The molecule has 0 atom stereocenters. The molecule has 2 N–H and O–H groups in total. The molecule has 1 aromatic carbocycles. The zero-order valence-electron chi connectivity index (χ0n) is 14.8. The summed E-state index contributed by atoms with van der Waals surface area (Å²) in [6.45, 7) is 11.5. The first-order valence-corrected chi connectivity index (χ1v) is 9.18. The van der Waals surface area contributed by atoms with Crippen LogP contribution in [0.25, 0.3) is 0 Å². The second-order valence-corrected chi connectivity index (χ2v) is 6.71. The van der Waals surface area contributed by atoms with E-state index in [-0.39, 0.29) is 22.4 Å². The number of hydrogen-bond acceptors (Lipinski definition) is 6. The predicted octanol–water partition coefficient (Wildman–Crippen LogP) is 3.63. The molecule has 0 aliphatic rings. The minimum absolute atomic E-state index is 0.112. The van der Waals surface area contributed by atoms with Crippen molar-refractivity contribution < 1.29 is 13.0 Å². The van der Waals surface area contributed by atoms with Gasteiger partial charge in [0, 0.05) is 5.92 Å². The lowest BCUT2D eigenvalue weighted by molar-refractivity contribution is 0.483. The Labute approximate surface area is 143 Å². The maximum atomic E-state index is 11.5. The normalized spacial score (nSPS) is 11.0. The smallest absolute Gasteiger partial charge is 0.296 e. The highest BCUT2D eigenvalue weighted by Gasteiger charge is 2.17. The van der Waals surface area contributed by atoms with Crippen LogP contribution < -0.4 is 5.32 Å². The van der Waals surface area contributed by atoms with E-state index in [9.17, 15) is 13.0 Å². The molecule has 1 aromatic heterocycles. The van der Waals surface area contributed by atoms with Crippen molar-refractivity contribution in [3.63, 3.8) is 0 Å². The molecule has 0 unspecified atom stereocenters. The van der Waals surface area contributed by atoms with Crippen LogP contribution in [0.15, 0.2) is 23.1 Å². The molecule has 0 spiro atoms. The fourth-order valence-corrected chi connectivity index (χ4v) is 2.53. The van der Waals surface area contributed by atoms with Gasteiger partial charge in [-0.2, -0.15) is 18.4 Å². The van der Waals surface area contributed by atoms with Crippen LogP contribution in [0.4, 0.5) is 11.6 Å². The molecule has 1 heterocycles. The van der Waals surface area contributed by atoms with Crippen molar-refractivity contribution in [2.75, 3.05) is 5.32 Å². The number of benzene rings is 1. The summed E-state index contributed by atoms with van der Waals surface area (Å²) in [7, 11) is -4.34. The third kappa shape index (κ3) is 5.24. The molecule has 7 nitrogen and oxygen atoms in total. The van der Waals surface area contributed by atoms with Crippen molar-refractivity contribution in [2.24, 2.45) is 0 Å². The van der Waals surface area contributed by atoms with Gasteiger partial charge in [-0.05, 0) is 31.5 Å². The van der Waals surface area contributed by atoms with Crippen LogP contribution in [0.1, 0.15) is 50.8 Å². The van der Waals surface area contributed by atoms with Crippen LogP contribution in [0.2, 0.25) is 0 Å². The molecule has 0 aliphatic carbocycles. The summed E-state index contributed by atoms with van der Waals surface area (Å²) in [6, 6.07) is 4.55. The third-order valence-corrected chi connectivity index (χ3v) is 3.85. The average Bonchev–Trinajstić information content (AvgIpc) is 2.47. The number of nitrogens with one attached hydrogen (secondary N) is 1. The van der Waals surface area contributed by atoms with Gasteiger partial charge in [-0.3, -0.25) is 4.55 Å². The third-order valence-electron chi connectivity index (χ3n) is 2.94. The molecule has 0 saturated heterocycles. The Balaban J connectivity index is 0.00000139. The Morgan fingerprint density at radius 1 is 1.08 bits per heavy atom. The van der Waals surface area contributed by atoms with Gasteiger partial charge in [0.05, 0.1) is 5.69 Å². The summed E-state index contributed by atoms with van der Waals surface area (Å²) >= 11 is 0. The van der Waals surface area contributed by atoms with Crippen molar-refractivity contribution in [3.05, 3.63) is 35.4 Å². The molecule has 132 valence electrons. The Bertz CT molecular complexity index is 805. The van der Waals surface area contributed by atoms with Crippen molar-refractivity contribution in [3.8, 4) is 0 Å². The first kappa shape index (κ1) is 20.0. The first-order valence-electron chi connectivity index (χ1n) is 7.74. The second kappa shape index (κ2) is 8.16. The van der Waals surface area contributed by atoms with Crippen LogP contribution in [-0.4, -0.2) is 27.9 Å². The Morgan fingerprint density at radius 2 is 1.71 bits per heavy atom. The first-order chi connectivity index (χ1) is 11.2. The zero-order valence-corrected chi connectivity index (χ0v) is 15.6. The van der Waals surface area contributed by atoms with E-state index in [2.05, 4.69) is 20.3 Å². The van der Waals surface area contributed by atoms with E-state index in [0.717, 1.165) is 5.56 Å². The maximum Gasteiger partial charge on any atom is 0.296 e. The number of rotatable bonds is 4. The Hall–Kier alpha value is -2.06. The van der Waals surface area contributed by atoms with Gasteiger partial charge in [0.25, 0.3) is 10.1 Å². The Kier molecular flexibility index (Phi) is 6.80. The van der Waals surface area contributed by atoms with E-state index in [1.54, 1.807) is 19.1 Å². The topological polar surface area (TPSA) is 105 Å². The van der Waals surface area contributed by atoms with Gasteiger partial charge in [-0.1, -0.05) is 33.8 Å². The van der Waals surface area contributed by atoms with Gasteiger partial charge in [0.2, 0.25) is 5.95 Å². The molecular formula is C16H24N4O3S. The molecule has 8 heteroatoms. The second-order valence-electron chi connectivity index (χ2n) is 5.32. The van der Waals surface area contributed by atoms with Gasteiger partial charge < -0.3 is 5.32 Å². The molecule has 0 bridgehead atoms. The van der Waals surface area contributed by atoms with Crippen LogP contribution >= 0.6 is 0 Å². The van der Waals surface area contributed by atoms with Gasteiger partial charge in [-0.15, -0.1) is 0 Å². The Morgan fingerprint density at radius 3 is 2.25 bits per heavy atom. The van der Waals surface area contributed by atoms with Crippen LogP contribution in [0.5, 0.6) is 0 Å². The number of anilines is 2. The lowest BCUT2D eigenvalue weighted by Gasteiger charge is -2.12. The highest BCUT2D eigenvalue weighted by molar-refractivity contribution is 7.86.